The third kappa shape index (κ3) is 3.21. The molecule has 0 heterocycles. The number of nitrogens with zero attached hydrogens (tertiary/aromatic N) is 1. The Hall–Kier alpha value is -2.36. The molecule has 0 spiro atoms. The lowest BCUT2D eigenvalue weighted by molar-refractivity contribution is 0.567. The number of rotatable bonds is 4. The number of hydrogen-bond donors (Lipinski definition) is 2. The molecule has 5 nitrogen and oxygen atoms in total. The Morgan fingerprint density at radius 2 is 1.76 bits per heavy atom. The average molecular weight is 301 g/mol. The molecule has 0 radical (unpaired) electrons. The van der Waals surface area contributed by atoms with Crippen molar-refractivity contribution in [2.45, 2.75) is 17.9 Å². The minimum atomic E-state index is -3.80. The fourth-order valence-corrected chi connectivity index (χ4v) is 3.44. The molecule has 0 aliphatic carbocycles. The van der Waals surface area contributed by atoms with Crippen LogP contribution in [0.5, 0.6) is 0 Å². The number of para-hydroxylation sites is 1. The lowest BCUT2D eigenvalue weighted by atomic mass is 10.1. The first-order valence-corrected chi connectivity index (χ1v) is 7.80. The van der Waals surface area contributed by atoms with E-state index >= 15 is 0 Å². The quantitative estimate of drug-likeness (QED) is 0.846. The second kappa shape index (κ2) is 5.95. The summed E-state index contributed by atoms with van der Waals surface area (Å²) < 4.78 is 27.4. The molecular weight excluding hydrogens is 286 g/mol. The van der Waals surface area contributed by atoms with Gasteiger partial charge in [0.2, 0.25) is 10.0 Å². The predicted octanol–water partition coefficient (Wildman–Crippen LogP) is 2.18. The van der Waals surface area contributed by atoms with Crippen LogP contribution >= 0.6 is 0 Å². The molecule has 2 aromatic rings. The van der Waals surface area contributed by atoms with Gasteiger partial charge >= 0.3 is 0 Å². The smallest absolute Gasteiger partial charge is 0.242 e. The van der Waals surface area contributed by atoms with Gasteiger partial charge in [0.25, 0.3) is 0 Å². The van der Waals surface area contributed by atoms with Gasteiger partial charge < -0.3 is 5.73 Å². The van der Waals surface area contributed by atoms with E-state index in [4.69, 9.17) is 11.0 Å². The zero-order valence-corrected chi connectivity index (χ0v) is 12.3. The standard InChI is InChI=1S/C15H15N3O2S/c1-11(13-7-3-4-8-14(13)17)18-21(19,20)15-9-5-2-6-12(15)10-16/h2-9,11,18H,17H2,1H3. The molecule has 3 N–H and O–H groups in total. The van der Waals surface area contributed by atoms with Crippen LogP contribution in [0.3, 0.4) is 0 Å². The summed E-state index contributed by atoms with van der Waals surface area (Å²) in [6.07, 6.45) is 0. The topological polar surface area (TPSA) is 96.0 Å². The first-order chi connectivity index (χ1) is 9.95. The van der Waals surface area contributed by atoms with Gasteiger partial charge in [0.1, 0.15) is 6.07 Å². The van der Waals surface area contributed by atoms with Gasteiger partial charge in [0.05, 0.1) is 10.5 Å². The zero-order chi connectivity index (χ0) is 15.5. The number of nitrogens with one attached hydrogen (secondary N) is 1. The number of nitrogens with two attached hydrogens (primary N) is 1. The molecule has 0 aromatic heterocycles. The summed E-state index contributed by atoms with van der Waals surface area (Å²) >= 11 is 0. The van der Waals surface area contributed by atoms with Crippen LogP contribution in [0.15, 0.2) is 53.4 Å². The molecule has 21 heavy (non-hydrogen) atoms. The number of hydrogen-bond acceptors (Lipinski definition) is 4. The van der Waals surface area contributed by atoms with Crippen molar-refractivity contribution in [3.8, 4) is 6.07 Å². The molecule has 0 fully saturated rings. The van der Waals surface area contributed by atoms with Crippen LogP contribution < -0.4 is 10.5 Å². The first kappa shape index (κ1) is 15.0. The summed E-state index contributed by atoms with van der Waals surface area (Å²) in [5, 5.41) is 9.01. The highest BCUT2D eigenvalue weighted by Gasteiger charge is 2.22. The van der Waals surface area contributed by atoms with Crippen LogP contribution in [0, 0.1) is 11.3 Å². The van der Waals surface area contributed by atoms with E-state index in [1.54, 1.807) is 43.3 Å². The van der Waals surface area contributed by atoms with Crippen LogP contribution in [0.2, 0.25) is 0 Å². The van der Waals surface area contributed by atoms with Gasteiger partial charge in [-0.3, -0.25) is 0 Å². The maximum absolute atomic E-state index is 12.4. The van der Waals surface area contributed by atoms with Gasteiger partial charge in [-0.2, -0.15) is 5.26 Å². The Bertz CT molecular complexity index is 795. The highest BCUT2D eigenvalue weighted by Crippen LogP contribution is 2.23. The molecule has 0 bridgehead atoms. The summed E-state index contributed by atoms with van der Waals surface area (Å²) in [5.74, 6) is 0. The maximum atomic E-state index is 12.4. The zero-order valence-electron chi connectivity index (χ0n) is 11.4. The molecule has 0 saturated heterocycles. The lowest BCUT2D eigenvalue weighted by Gasteiger charge is -2.16. The van der Waals surface area contributed by atoms with E-state index in [0.29, 0.717) is 11.3 Å². The third-order valence-electron chi connectivity index (χ3n) is 3.09. The Morgan fingerprint density at radius 1 is 1.14 bits per heavy atom. The summed E-state index contributed by atoms with van der Waals surface area (Å²) in [6.45, 7) is 1.71. The van der Waals surface area contributed by atoms with Crippen molar-refractivity contribution < 1.29 is 8.42 Å². The van der Waals surface area contributed by atoms with Crippen LogP contribution in [-0.2, 0) is 10.0 Å². The van der Waals surface area contributed by atoms with E-state index < -0.39 is 16.1 Å². The van der Waals surface area contributed by atoms with E-state index in [9.17, 15) is 8.42 Å². The lowest BCUT2D eigenvalue weighted by Crippen LogP contribution is -2.28. The van der Waals surface area contributed by atoms with Crippen LogP contribution in [0.4, 0.5) is 5.69 Å². The molecule has 0 aliphatic rings. The Balaban J connectivity index is 2.34. The molecule has 1 unspecified atom stereocenters. The van der Waals surface area contributed by atoms with Crippen molar-refractivity contribution in [1.29, 1.82) is 5.26 Å². The van der Waals surface area contributed by atoms with Gasteiger partial charge in [0.15, 0.2) is 0 Å². The maximum Gasteiger partial charge on any atom is 0.242 e. The summed E-state index contributed by atoms with van der Waals surface area (Å²) in [6, 6.07) is 14.5. The first-order valence-electron chi connectivity index (χ1n) is 6.31. The minimum absolute atomic E-state index is 0.0335. The monoisotopic (exact) mass is 301 g/mol. The summed E-state index contributed by atoms with van der Waals surface area (Å²) in [7, 11) is -3.80. The Morgan fingerprint density at radius 3 is 2.43 bits per heavy atom. The van der Waals surface area contributed by atoms with Crippen LogP contribution in [0.1, 0.15) is 24.1 Å². The SMILES string of the molecule is CC(NS(=O)(=O)c1ccccc1C#N)c1ccccc1N. The molecule has 2 aromatic carbocycles. The normalized spacial score (nSPS) is 12.6. The highest BCUT2D eigenvalue weighted by atomic mass is 32.2. The second-order valence-electron chi connectivity index (χ2n) is 4.58. The van der Waals surface area contributed by atoms with Crippen LogP contribution in [-0.4, -0.2) is 8.42 Å². The van der Waals surface area contributed by atoms with Crippen molar-refractivity contribution >= 4 is 15.7 Å². The fourth-order valence-electron chi connectivity index (χ4n) is 2.06. The van der Waals surface area contributed by atoms with E-state index in [2.05, 4.69) is 4.72 Å². The van der Waals surface area contributed by atoms with Crippen molar-refractivity contribution in [2.24, 2.45) is 0 Å². The number of nitrogen functional groups attached to an aromatic ring is 1. The largest absolute Gasteiger partial charge is 0.398 e. The number of nitriles is 1. The molecule has 108 valence electrons. The average Bonchev–Trinajstić information content (AvgIpc) is 2.47. The van der Waals surface area contributed by atoms with E-state index in [1.165, 1.54) is 12.1 Å². The van der Waals surface area contributed by atoms with Crippen molar-refractivity contribution in [2.75, 3.05) is 5.73 Å². The molecule has 6 heteroatoms. The predicted molar refractivity (Wildman–Crippen MR) is 80.7 cm³/mol. The van der Waals surface area contributed by atoms with Gasteiger partial charge in [-0.1, -0.05) is 30.3 Å². The number of anilines is 1. The van der Waals surface area contributed by atoms with Crippen molar-refractivity contribution in [3.05, 3.63) is 59.7 Å². The van der Waals surface area contributed by atoms with Gasteiger partial charge in [-0.05, 0) is 30.7 Å². The van der Waals surface area contributed by atoms with E-state index in [-0.39, 0.29) is 10.5 Å². The number of benzene rings is 2. The van der Waals surface area contributed by atoms with Crippen molar-refractivity contribution in [1.82, 2.24) is 4.72 Å². The van der Waals surface area contributed by atoms with Crippen molar-refractivity contribution in [3.63, 3.8) is 0 Å². The van der Waals surface area contributed by atoms with Crippen LogP contribution in [0.25, 0.3) is 0 Å². The van der Waals surface area contributed by atoms with Gasteiger partial charge in [-0.25, -0.2) is 13.1 Å². The molecular formula is C15H15N3O2S. The van der Waals surface area contributed by atoms with E-state index in [1.807, 2.05) is 6.07 Å². The summed E-state index contributed by atoms with van der Waals surface area (Å²) in [4.78, 5) is -0.0335. The third-order valence-corrected chi connectivity index (χ3v) is 4.69. The summed E-state index contributed by atoms with van der Waals surface area (Å²) in [5.41, 5.74) is 7.16. The Kier molecular flexibility index (Phi) is 4.26. The fraction of sp³-hybridized carbons (Fsp3) is 0.133. The Labute approximate surface area is 124 Å². The molecule has 1 atom stereocenters. The van der Waals surface area contributed by atoms with Gasteiger partial charge in [-0.15, -0.1) is 0 Å². The molecule has 2 rings (SSSR count). The second-order valence-corrected chi connectivity index (χ2v) is 6.26. The molecule has 0 saturated carbocycles. The van der Waals surface area contributed by atoms with Gasteiger partial charge in [0, 0.05) is 11.7 Å². The number of sulfonamides is 1. The minimum Gasteiger partial charge on any atom is -0.398 e. The molecule has 0 amide bonds. The molecule has 0 aliphatic heterocycles. The van der Waals surface area contributed by atoms with E-state index in [0.717, 1.165) is 0 Å². The highest BCUT2D eigenvalue weighted by molar-refractivity contribution is 7.89.